The van der Waals surface area contributed by atoms with Gasteiger partial charge >= 0.3 is 11.9 Å². The molecule has 0 spiro atoms. The molecule has 25 heavy (non-hydrogen) atoms. The number of ether oxygens (including phenoxy) is 2. The fourth-order valence-electron chi connectivity index (χ4n) is 3.07. The van der Waals surface area contributed by atoms with Crippen LogP contribution < -0.4 is 0 Å². The van der Waals surface area contributed by atoms with Crippen molar-refractivity contribution in [2.24, 2.45) is 11.8 Å². The van der Waals surface area contributed by atoms with Gasteiger partial charge in [-0.15, -0.1) is 0 Å². The fourth-order valence-corrected chi connectivity index (χ4v) is 3.07. The van der Waals surface area contributed by atoms with Crippen LogP contribution >= 0.6 is 0 Å². The molecule has 0 unspecified atom stereocenters. The predicted octanol–water partition coefficient (Wildman–Crippen LogP) is 1.67. The van der Waals surface area contributed by atoms with Crippen LogP contribution in [0, 0.1) is 11.8 Å². The molecule has 0 aromatic heterocycles. The number of esters is 2. The van der Waals surface area contributed by atoms with Gasteiger partial charge in [-0.1, -0.05) is 32.1 Å². The molecular formula is C19H26O6. The minimum Gasteiger partial charge on any atom is -0.458 e. The summed E-state index contributed by atoms with van der Waals surface area (Å²) in [5.74, 6) is -2.16. The zero-order valence-electron chi connectivity index (χ0n) is 14.9. The summed E-state index contributed by atoms with van der Waals surface area (Å²) in [4.78, 5) is 24.2. The molecule has 138 valence electrons. The number of aliphatic hydroxyl groups is 2. The van der Waals surface area contributed by atoms with Gasteiger partial charge in [0.25, 0.3) is 0 Å². The molecular weight excluding hydrogens is 324 g/mol. The van der Waals surface area contributed by atoms with Gasteiger partial charge in [0, 0.05) is 5.57 Å². The molecule has 0 bridgehead atoms. The van der Waals surface area contributed by atoms with E-state index in [4.69, 9.17) is 9.47 Å². The van der Waals surface area contributed by atoms with E-state index in [2.05, 4.69) is 6.58 Å². The lowest BCUT2D eigenvalue weighted by Crippen LogP contribution is -2.44. The molecule has 0 radical (unpaired) electrons. The minimum absolute atomic E-state index is 0.160. The quantitative estimate of drug-likeness (QED) is 0.457. The largest absolute Gasteiger partial charge is 0.458 e. The highest BCUT2D eigenvalue weighted by Crippen LogP contribution is 2.36. The van der Waals surface area contributed by atoms with E-state index in [-0.39, 0.29) is 12.2 Å². The predicted molar refractivity (Wildman–Crippen MR) is 91.4 cm³/mol. The van der Waals surface area contributed by atoms with E-state index < -0.39 is 42.1 Å². The third-order valence-electron chi connectivity index (χ3n) is 4.61. The van der Waals surface area contributed by atoms with Crippen LogP contribution in [0.3, 0.4) is 0 Å². The Morgan fingerprint density at radius 1 is 1.48 bits per heavy atom. The third-order valence-corrected chi connectivity index (χ3v) is 4.61. The molecule has 1 heterocycles. The number of fused-ring (bicyclic) bond motifs is 1. The molecule has 1 fully saturated rings. The second kappa shape index (κ2) is 7.97. The maximum atomic E-state index is 12.2. The maximum Gasteiger partial charge on any atom is 0.334 e. The smallest absolute Gasteiger partial charge is 0.334 e. The number of aliphatic hydroxyl groups excluding tert-OH is 2. The monoisotopic (exact) mass is 350 g/mol. The van der Waals surface area contributed by atoms with Gasteiger partial charge in [0.1, 0.15) is 18.3 Å². The van der Waals surface area contributed by atoms with Crippen LogP contribution in [-0.4, -0.2) is 47.1 Å². The Morgan fingerprint density at radius 3 is 2.76 bits per heavy atom. The van der Waals surface area contributed by atoms with E-state index in [1.165, 1.54) is 0 Å². The second-order valence-corrected chi connectivity index (χ2v) is 6.91. The summed E-state index contributed by atoms with van der Waals surface area (Å²) in [5, 5.41) is 20.4. The van der Waals surface area contributed by atoms with Crippen LogP contribution in [0.1, 0.15) is 33.6 Å². The first-order chi connectivity index (χ1) is 11.8. The Morgan fingerprint density at radius 2 is 2.16 bits per heavy atom. The zero-order chi connectivity index (χ0) is 18.7. The van der Waals surface area contributed by atoms with Crippen molar-refractivity contribution in [3.8, 4) is 0 Å². The van der Waals surface area contributed by atoms with Crippen molar-refractivity contribution in [1.29, 1.82) is 0 Å². The summed E-state index contributed by atoms with van der Waals surface area (Å²) in [6.07, 6.45) is 1.95. The average molecular weight is 350 g/mol. The highest BCUT2D eigenvalue weighted by atomic mass is 16.6. The molecule has 6 heteroatoms. The van der Waals surface area contributed by atoms with Gasteiger partial charge in [-0.3, -0.25) is 4.79 Å². The molecule has 0 saturated carbocycles. The van der Waals surface area contributed by atoms with Crippen molar-refractivity contribution in [3.63, 3.8) is 0 Å². The Labute approximate surface area is 147 Å². The number of carbonyl (C=O) groups is 2. The van der Waals surface area contributed by atoms with E-state index in [9.17, 15) is 19.8 Å². The van der Waals surface area contributed by atoms with Crippen LogP contribution in [0.2, 0.25) is 0 Å². The molecule has 1 saturated heterocycles. The van der Waals surface area contributed by atoms with Crippen molar-refractivity contribution in [2.45, 2.75) is 51.9 Å². The third kappa shape index (κ3) is 4.19. The van der Waals surface area contributed by atoms with Crippen LogP contribution in [0.5, 0.6) is 0 Å². The Bertz CT molecular complexity index is 615. The normalized spacial score (nSPS) is 34.5. The van der Waals surface area contributed by atoms with Crippen molar-refractivity contribution in [3.05, 3.63) is 35.5 Å². The molecule has 1 aliphatic carbocycles. The topological polar surface area (TPSA) is 93.1 Å². The second-order valence-electron chi connectivity index (χ2n) is 6.91. The van der Waals surface area contributed by atoms with Crippen LogP contribution in [-0.2, 0) is 19.1 Å². The van der Waals surface area contributed by atoms with Gasteiger partial charge in [0.15, 0.2) is 0 Å². The molecule has 6 nitrogen and oxygen atoms in total. The van der Waals surface area contributed by atoms with Gasteiger partial charge in [0.2, 0.25) is 0 Å². The van der Waals surface area contributed by atoms with Gasteiger partial charge in [0.05, 0.1) is 18.4 Å². The molecule has 2 N–H and O–H groups in total. The molecule has 2 aliphatic rings. The van der Waals surface area contributed by atoms with Crippen molar-refractivity contribution >= 4 is 11.9 Å². The van der Waals surface area contributed by atoms with E-state index in [0.717, 1.165) is 5.57 Å². The van der Waals surface area contributed by atoms with E-state index in [1.807, 2.05) is 13.0 Å². The Hall–Kier alpha value is -1.92. The summed E-state index contributed by atoms with van der Waals surface area (Å²) in [6, 6.07) is 0. The molecule has 1 aliphatic heterocycles. The van der Waals surface area contributed by atoms with Gasteiger partial charge in [-0.2, -0.15) is 0 Å². The van der Waals surface area contributed by atoms with E-state index >= 15 is 0 Å². The Balaban J connectivity index is 2.48. The Kier molecular flexibility index (Phi) is 6.19. The summed E-state index contributed by atoms with van der Waals surface area (Å²) in [6.45, 7) is 8.70. The number of allylic oxidation sites excluding steroid dienone is 2. The lowest BCUT2D eigenvalue weighted by Gasteiger charge is -2.32. The fraction of sp³-hybridized carbons (Fsp3) is 0.579. The summed E-state index contributed by atoms with van der Waals surface area (Å²) < 4.78 is 10.9. The first kappa shape index (κ1) is 19.4. The van der Waals surface area contributed by atoms with Gasteiger partial charge in [-0.25, -0.2) is 4.79 Å². The zero-order valence-corrected chi connectivity index (χ0v) is 14.9. The first-order valence-electron chi connectivity index (χ1n) is 8.51. The SMILES string of the molecule is C=C1C(=O)O[C@@H]2/C=C(\C)CC/C=C(\CO)[C@@H](O)[C@@H](OC(=O)C(C)C)[C@@H]12. The van der Waals surface area contributed by atoms with Crippen LogP contribution in [0.4, 0.5) is 0 Å². The summed E-state index contributed by atoms with van der Waals surface area (Å²) in [7, 11) is 0. The van der Waals surface area contributed by atoms with Gasteiger partial charge < -0.3 is 19.7 Å². The molecule has 0 amide bonds. The lowest BCUT2D eigenvalue weighted by atomic mass is 9.83. The minimum atomic E-state index is -1.24. The highest BCUT2D eigenvalue weighted by Gasteiger charge is 2.47. The maximum absolute atomic E-state index is 12.2. The standard InChI is InChI=1S/C19H26O6/c1-10(2)18(22)25-17-15-12(4)19(23)24-14(15)8-11(3)6-5-7-13(9-20)16(17)21/h7-8,10,14-17,20-21H,4-6,9H2,1-3H3/b11-8+,13-7+/t14-,15+,16-,17+/m1/s1. The van der Waals surface area contributed by atoms with Crippen molar-refractivity contribution < 1.29 is 29.3 Å². The number of rotatable bonds is 3. The average Bonchev–Trinajstić information content (AvgIpc) is 2.82. The summed E-state index contributed by atoms with van der Waals surface area (Å²) in [5.41, 5.74) is 1.53. The highest BCUT2D eigenvalue weighted by molar-refractivity contribution is 5.91. The molecule has 2 rings (SSSR count). The first-order valence-corrected chi connectivity index (χ1v) is 8.51. The molecule has 4 atom stereocenters. The number of carbonyl (C=O) groups excluding carboxylic acids is 2. The van der Waals surface area contributed by atoms with Crippen molar-refractivity contribution in [2.75, 3.05) is 6.61 Å². The number of hydrogen-bond donors (Lipinski definition) is 2. The van der Waals surface area contributed by atoms with Crippen molar-refractivity contribution in [1.82, 2.24) is 0 Å². The molecule has 0 aromatic rings. The van der Waals surface area contributed by atoms with E-state index in [1.54, 1.807) is 19.9 Å². The summed E-state index contributed by atoms with van der Waals surface area (Å²) >= 11 is 0. The molecule has 0 aromatic carbocycles. The lowest BCUT2D eigenvalue weighted by molar-refractivity contribution is -0.162. The van der Waals surface area contributed by atoms with Crippen LogP contribution in [0.15, 0.2) is 35.5 Å². The van der Waals surface area contributed by atoms with Gasteiger partial charge in [-0.05, 0) is 31.4 Å². The number of hydrogen-bond acceptors (Lipinski definition) is 6. The van der Waals surface area contributed by atoms with Crippen LogP contribution in [0.25, 0.3) is 0 Å². The van der Waals surface area contributed by atoms with E-state index in [0.29, 0.717) is 18.4 Å².